The lowest BCUT2D eigenvalue weighted by molar-refractivity contribution is 0.0946. The lowest BCUT2D eigenvalue weighted by Crippen LogP contribution is -2.26. The van der Waals surface area contributed by atoms with Crippen LogP contribution in [0, 0.1) is 6.92 Å². The van der Waals surface area contributed by atoms with Crippen molar-refractivity contribution in [3.8, 4) is 0 Å². The maximum absolute atomic E-state index is 12.0. The fraction of sp³-hybridized carbons (Fsp3) is 0.231. The molecule has 4 nitrogen and oxygen atoms in total. The SMILES string of the molecule is Cc1cc(C(=O)NCCO)c2ccc(Br)cc2n1. The molecule has 0 aliphatic heterocycles. The lowest BCUT2D eigenvalue weighted by atomic mass is 10.1. The molecule has 2 N–H and O–H groups in total. The zero-order valence-corrected chi connectivity index (χ0v) is 11.5. The van der Waals surface area contributed by atoms with Gasteiger partial charge in [0.15, 0.2) is 0 Å². The second-order valence-electron chi connectivity index (χ2n) is 3.95. The van der Waals surface area contributed by atoms with E-state index in [1.807, 2.05) is 25.1 Å². The Morgan fingerprint density at radius 3 is 2.94 bits per heavy atom. The number of aliphatic hydroxyl groups is 1. The number of benzene rings is 1. The van der Waals surface area contributed by atoms with Crippen molar-refractivity contribution in [3.05, 3.63) is 40.0 Å². The highest BCUT2D eigenvalue weighted by Crippen LogP contribution is 2.22. The number of hydrogen-bond donors (Lipinski definition) is 2. The summed E-state index contributed by atoms with van der Waals surface area (Å²) in [6.07, 6.45) is 0. The van der Waals surface area contributed by atoms with Crippen LogP contribution in [0.4, 0.5) is 0 Å². The number of aromatic nitrogens is 1. The largest absolute Gasteiger partial charge is 0.395 e. The summed E-state index contributed by atoms with van der Waals surface area (Å²) in [5, 5.41) is 12.2. The van der Waals surface area contributed by atoms with E-state index in [4.69, 9.17) is 5.11 Å². The molecule has 0 spiro atoms. The highest BCUT2D eigenvalue weighted by molar-refractivity contribution is 9.10. The Labute approximate surface area is 113 Å². The van der Waals surface area contributed by atoms with Gasteiger partial charge in [0.1, 0.15) is 0 Å². The number of fused-ring (bicyclic) bond motifs is 1. The lowest BCUT2D eigenvalue weighted by Gasteiger charge is -2.08. The highest BCUT2D eigenvalue weighted by atomic mass is 79.9. The summed E-state index contributed by atoms with van der Waals surface area (Å²) in [5.74, 6) is -0.193. The van der Waals surface area contributed by atoms with Crippen molar-refractivity contribution in [1.82, 2.24) is 10.3 Å². The van der Waals surface area contributed by atoms with E-state index in [-0.39, 0.29) is 19.1 Å². The van der Waals surface area contributed by atoms with Crippen molar-refractivity contribution in [3.63, 3.8) is 0 Å². The molecule has 0 radical (unpaired) electrons. The van der Waals surface area contributed by atoms with E-state index in [0.29, 0.717) is 5.56 Å². The van der Waals surface area contributed by atoms with Gasteiger partial charge in [-0.25, -0.2) is 0 Å². The molecule has 1 aromatic carbocycles. The Morgan fingerprint density at radius 1 is 1.44 bits per heavy atom. The van der Waals surface area contributed by atoms with Crippen molar-refractivity contribution >= 4 is 32.7 Å². The van der Waals surface area contributed by atoms with Gasteiger partial charge in [-0.2, -0.15) is 0 Å². The molecule has 2 aromatic rings. The van der Waals surface area contributed by atoms with Gasteiger partial charge in [-0.15, -0.1) is 0 Å². The number of aryl methyl sites for hydroxylation is 1. The number of halogens is 1. The molecule has 2 rings (SSSR count). The zero-order valence-electron chi connectivity index (χ0n) is 9.90. The summed E-state index contributed by atoms with van der Waals surface area (Å²) < 4.78 is 0.926. The highest BCUT2D eigenvalue weighted by Gasteiger charge is 2.11. The summed E-state index contributed by atoms with van der Waals surface area (Å²) in [5.41, 5.74) is 2.15. The summed E-state index contributed by atoms with van der Waals surface area (Å²) in [7, 11) is 0. The Morgan fingerprint density at radius 2 is 2.22 bits per heavy atom. The molecule has 18 heavy (non-hydrogen) atoms. The molecule has 1 amide bonds. The van der Waals surface area contributed by atoms with Crippen molar-refractivity contribution in [2.24, 2.45) is 0 Å². The van der Waals surface area contributed by atoms with Crippen molar-refractivity contribution in [1.29, 1.82) is 0 Å². The second kappa shape index (κ2) is 5.46. The van der Waals surface area contributed by atoms with Crippen molar-refractivity contribution in [2.75, 3.05) is 13.2 Å². The quantitative estimate of drug-likeness (QED) is 0.912. The molecule has 5 heteroatoms. The molecule has 0 aliphatic rings. The number of aliphatic hydroxyl groups excluding tert-OH is 1. The van der Waals surface area contributed by atoms with E-state index in [2.05, 4.69) is 26.2 Å². The maximum Gasteiger partial charge on any atom is 0.252 e. The first kappa shape index (κ1) is 13.0. The van der Waals surface area contributed by atoms with Crippen LogP contribution >= 0.6 is 15.9 Å². The minimum atomic E-state index is -0.193. The van der Waals surface area contributed by atoms with Gasteiger partial charge in [-0.05, 0) is 25.1 Å². The van der Waals surface area contributed by atoms with Gasteiger partial charge in [0, 0.05) is 22.1 Å². The molecule has 94 valence electrons. The molecule has 0 fully saturated rings. The topological polar surface area (TPSA) is 62.2 Å². The standard InChI is InChI=1S/C13H13BrN2O2/c1-8-6-11(13(18)15-4-5-17)10-3-2-9(14)7-12(10)16-8/h2-3,6-7,17H,4-5H2,1H3,(H,15,18). The zero-order chi connectivity index (χ0) is 13.1. The van der Waals surface area contributed by atoms with Gasteiger partial charge in [-0.3, -0.25) is 9.78 Å². The average molecular weight is 309 g/mol. The van der Waals surface area contributed by atoms with Gasteiger partial charge in [0.25, 0.3) is 5.91 Å². The summed E-state index contributed by atoms with van der Waals surface area (Å²) >= 11 is 3.39. The van der Waals surface area contributed by atoms with E-state index in [1.165, 1.54) is 0 Å². The van der Waals surface area contributed by atoms with E-state index in [9.17, 15) is 4.79 Å². The number of amides is 1. The summed E-state index contributed by atoms with van der Waals surface area (Å²) in [6.45, 7) is 2.03. The predicted molar refractivity (Wildman–Crippen MR) is 73.6 cm³/mol. The van der Waals surface area contributed by atoms with E-state index in [1.54, 1.807) is 6.07 Å². The van der Waals surface area contributed by atoms with Crippen LogP contribution in [0.2, 0.25) is 0 Å². The molecular weight excluding hydrogens is 296 g/mol. The van der Waals surface area contributed by atoms with Crippen LogP contribution in [0.1, 0.15) is 16.1 Å². The minimum Gasteiger partial charge on any atom is -0.395 e. The molecular formula is C13H13BrN2O2. The Hall–Kier alpha value is -1.46. The number of hydrogen-bond acceptors (Lipinski definition) is 3. The van der Waals surface area contributed by atoms with E-state index in [0.717, 1.165) is 21.1 Å². The third-order valence-electron chi connectivity index (χ3n) is 2.54. The molecule has 0 unspecified atom stereocenters. The number of rotatable bonds is 3. The number of nitrogens with one attached hydrogen (secondary N) is 1. The first-order valence-electron chi connectivity index (χ1n) is 5.58. The average Bonchev–Trinajstić information content (AvgIpc) is 2.34. The third kappa shape index (κ3) is 2.68. The van der Waals surface area contributed by atoms with Crippen LogP contribution in [0.15, 0.2) is 28.7 Å². The first-order chi connectivity index (χ1) is 8.61. The van der Waals surface area contributed by atoms with Gasteiger partial charge in [0.2, 0.25) is 0 Å². The molecule has 1 heterocycles. The van der Waals surface area contributed by atoms with Crippen LogP contribution in [0.5, 0.6) is 0 Å². The predicted octanol–water partition coefficient (Wildman–Crippen LogP) is 2.03. The molecule has 1 aromatic heterocycles. The Balaban J connectivity index is 2.52. The van der Waals surface area contributed by atoms with Crippen LogP contribution < -0.4 is 5.32 Å². The van der Waals surface area contributed by atoms with E-state index < -0.39 is 0 Å². The summed E-state index contributed by atoms with van der Waals surface area (Å²) in [6, 6.07) is 7.37. The van der Waals surface area contributed by atoms with Gasteiger partial charge < -0.3 is 10.4 Å². The summed E-state index contributed by atoms with van der Waals surface area (Å²) in [4.78, 5) is 16.4. The maximum atomic E-state index is 12.0. The smallest absolute Gasteiger partial charge is 0.252 e. The van der Waals surface area contributed by atoms with E-state index >= 15 is 0 Å². The molecule has 0 bridgehead atoms. The Kier molecular flexibility index (Phi) is 3.93. The van der Waals surface area contributed by atoms with Gasteiger partial charge in [-0.1, -0.05) is 22.0 Å². The number of nitrogens with zero attached hydrogens (tertiary/aromatic N) is 1. The minimum absolute atomic E-state index is 0.0702. The van der Waals surface area contributed by atoms with Crippen LogP contribution in [0.3, 0.4) is 0 Å². The fourth-order valence-corrected chi connectivity index (χ4v) is 2.14. The normalized spacial score (nSPS) is 10.6. The number of carbonyl (C=O) groups excluding carboxylic acids is 1. The van der Waals surface area contributed by atoms with Crippen LogP contribution in [-0.4, -0.2) is 29.1 Å². The number of carbonyl (C=O) groups is 1. The molecule has 0 saturated heterocycles. The monoisotopic (exact) mass is 308 g/mol. The van der Waals surface area contributed by atoms with Crippen LogP contribution in [-0.2, 0) is 0 Å². The van der Waals surface area contributed by atoms with Gasteiger partial charge >= 0.3 is 0 Å². The first-order valence-corrected chi connectivity index (χ1v) is 6.37. The third-order valence-corrected chi connectivity index (χ3v) is 3.04. The molecule has 0 atom stereocenters. The second-order valence-corrected chi connectivity index (χ2v) is 4.87. The Bertz CT molecular complexity index is 594. The van der Waals surface area contributed by atoms with Crippen molar-refractivity contribution < 1.29 is 9.90 Å². The van der Waals surface area contributed by atoms with Crippen molar-refractivity contribution in [2.45, 2.75) is 6.92 Å². The molecule has 0 saturated carbocycles. The van der Waals surface area contributed by atoms with Gasteiger partial charge in [0.05, 0.1) is 17.7 Å². The van der Waals surface area contributed by atoms with Crippen LogP contribution in [0.25, 0.3) is 10.9 Å². The fourth-order valence-electron chi connectivity index (χ4n) is 1.79. The number of pyridine rings is 1. The molecule has 0 aliphatic carbocycles.